The molecule has 3 rings (SSSR count). The molecular formula is C18H27NS. The Morgan fingerprint density at radius 1 is 1.20 bits per heavy atom. The summed E-state index contributed by atoms with van der Waals surface area (Å²) < 4.78 is 0. The lowest BCUT2D eigenvalue weighted by Crippen LogP contribution is -2.30. The van der Waals surface area contributed by atoms with Gasteiger partial charge in [0, 0.05) is 16.2 Å². The highest BCUT2D eigenvalue weighted by molar-refractivity contribution is 8.00. The summed E-state index contributed by atoms with van der Waals surface area (Å²) in [5, 5.41) is 4.52. The molecule has 2 heteroatoms. The molecule has 1 nitrogen and oxygen atoms in total. The highest BCUT2D eigenvalue weighted by Crippen LogP contribution is 2.41. The summed E-state index contributed by atoms with van der Waals surface area (Å²) in [6, 6.07) is 9.77. The lowest BCUT2D eigenvalue weighted by Gasteiger charge is -2.22. The topological polar surface area (TPSA) is 12.0 Å². The number of hydrogen-bond acceptors (Lipinski definition) is 2. The van der Waals surface area contributed by atoms with E-state index < -0.39 is 0 Å². The number of benzene rings is 1. The van der Waals surface area contributed by atoms with E-state index >= 15 is 0 Å². The van der Waals surface area contributed by atoms with Gasteiger partial charge in [-0.2, -0.15) is 0 Å². The molecule has 3 unspecified atom stereocenters. The molecule has 0 bridgehead atoms. The highest BCUT2D eigenvalue weighted by Gasteiger charge is 2.27. The van der Waals surface area contributed by atoms with Crippen molar-refractivity contribution in [3.63, 3.8) is 0 Å². The Hall–Kier alpha value is -0.470. The molecule has 1 aliphatic heterocycles. The van der Waals surface area contributed by atoms with Crippen molar-refractivity contribution < 1.29 is 0 Å². The smallest absolute Gasteiger partial charge is 0.0138 e. The quantitative estimate of drug-likeness (QED) is 0.810. The highest BCUT2D eigenvalue weighted by atomic mass is 32.2. The Bertz CT molecular complexity index is 406. The van der Waals surface area contributed by atoms with Gasteiger partial charge < -0.3 is 5.32 Å². The molecule has 0 radical (unpaired) electrons. The Morgan fingerprint density at radius 2 is 2.05 bits per heavy atom. The first-order valence-corrected chi connectivity index (χ1v) is 9.21. The van der Waals surface area contributed by atoms with Crippen LogP contribution in [-0.4, -0.2) is 17.8 Å². The van der Waals surface area contributed by atoms with Crippen LogP contribution >= 0.6 is 11.8 Å². The lowest BCUT2D eigenvalue weighted by molar-refractivity contribution is 0.369. The second-order valence-electron chi connectivity index (χ2n) is 6.43. The number of rotatable bonds is 4. The van der Waals surface area contributed by atoms with Gasteiger partial charge >= 0.3 is 0 Å². The van der Waals surface area contributed by atoms with Gasteiger partial charge in [-0.3, -0.25) is 0 Å². The zero-order valence-electron chi connectivity index (χ0n) is 12.6. The molecule has 1 N–H and O–H groups in total. The minimum atomic E-state index is 0.779. The number of hydrogen-bond donors (Lipinski definition) is 1. The van der Waals surface area contributed by atoms with Crippen LogP contribution in [0.15, 0.2) is 29.2 Å². The summed E-state index contributed by atoms with van der Waals surface area (Å²) in [4.78, 5) is 1.54. The van der Waals surface area contributed by atoms with Crippen molar-refractivity contribution in [3.05, 3.63) is 29.8 Å². The van der Waals surface area contributed by atoms with Crippen LogP contribution in [0.1, 0.15) is 51.0 Å². The van der Waals surface area contributed by atoms with Crippen molar-refractivity contribution in [1.29, 1.82) is 0 Å². The van der Waals surface area contributed by atoms with Gasteiger partial charge in [0.05, 0.1) is 0 Å². The molecule has 1 heterocycles. The fraction of sp³-hybridized carbons (Fsp3) is 0.667. The summed E-state index contributed by atoms with van der Waals surface area (Å²) in [7, 11) is 0. The van der Waals surface area contributed by atoms with Crippen LogP contribution in [0, 0.1) is 5.92 Å². The van der Waals surface area contributed by atoms with Gasteiger partial charge in [-0.25, -0.2) is 0 Å². The summed E-state index contributed by atoms with van der Waals surface area (Å²) in [5.41, 5.74) is 1.58. The second kappa shape index (κ2) is 7.00. The van der Waals surface area contributed by atoms with E-state index in [1.54, 1.807) is 5.56 Å². The maximum atomic E-state index is 3.69. The minimum Gasteiger partial charge on any atom is -0.314 e. The number of nitrogens with one attached hydrogen (secondary N) is 1. The van der Waals surface area contributed by atoms with Crippen molar-refractivity contribution in [3.8, 4) is 0 Å². The standard InChI is InChI=1S/C18H27NS/c1-2-19-16-9-5-3-7-14(11-16)12-17-13-15-8-4-6-10-18(15)20-17/h4,6,8,10,14,16-17,19H,2-3,5,7,9,11-13H2,1H3. The molecule has 1 aromatic carbocycles. The third kappa shape index (κ3) is 3.59. The molecule has 20 heavy (non-hydrogen) atoms. The normalized spacial score (nSPS) is 29.9. The molecule has 0 aromatic heterocycles. The molecular weight excluding hydrogens is 262 g/mol. The van der Waals surface area contributed by atoms with Gasteiger partial charge in [0.1, 0.15) is 0 Å². The molecule has 2 aliphatic rings. The predicted octanol–water partition coefficient (Wildman–Crippen LogP) is 4.65. The van der Waals surface area contributed by atoms with E-state index in [4.69, 9.17) is 0 Å². The van der Waals surface area contributed by atoms with E-state index in [9.17, 15) is 0 Å². The summed E-state index contributed by atoms with van der Waals surface area (Å²) in [6.07, 6.45) is 9.83. The van der Waals surface area contributed by atoms with Crippen LogP contribution in [0.3, 0.4) is 0 Å². The fourth-order valence-electron chi connectivity index (χ4n) is 3.91. The van der Waals surface area contributed by atoms with Gasteiger partial charge in [0.15, 0.2) is 0 Å². The van der Waals surface area contributed by atoms with Gasteiger partial charge in [-0.1, -0.05) is 44.4 Å². The Kier molecular flexibility index (Phi) is 5.06. The predicted molar refractivity (Wildman–Crippen MR) is 88.4 cm³/mol. The summed E-state index contributed by atoms with van der Waals surface area (Å²) >= 11 is 2.13. The zero-order valence-corrected chi connectivity index (χ0v) is 13.4. The summed E-state index contributed by atoms with van der Waals surface area (Å²) in [5.74, 6) is 0.938. The van der Waals surface area contributed by atoms with Crippen molar-refractivity contribution in [2.45, 2.75) is 68.1 Å². The Balaban J connectivity index is 1.55. The first kappa shape index (κ1) is 14.5. The third-order valence-corrected chi connectivity index (χ3v) is 6.18. The molecule has 110 valence electrons. The monoisotopic (exact) mass is 289 g/mol. The average molecular weight is 289 g/mol. The SMILES string of the molecule is CCNC1CCCCC(CC2Cc3ccccc3S2)C1. The molecule has 3 atom stereocenters. The maximum Gasteiger partial charge on any atom is 0.0138 e. The average Bonchev–Trinajstić information content (AvgIpc) is 2.72. The molecule has 0 saturated heterocycles. The molecule has 1 aliphatic carbocycles. The van der Waals surface area contributed by atoms with Gasteiger partial charge in [0.2, 0.25) is 0 Å². The molecule has 1 aromatic rings. The fourth-order valence-corrected chi connectivity index (χ4v) is 5.36. The lowest BCUT2D eigenvalue weighted by atomic mass is 9.91. The van der Waals surface area contributed by atoms with Crippen molar-refractivity contribution in [2.24, 2.45) is 5.92 Å². The van der Waals surface area contributed by atoms with Crippen LogP contribution in [0.5, 0.6) is 0 Å². The van der Waals surface area contributed by atoms with Crippen LogP contribution in [0.25, 0.3) is 0 Å². The van der Waals surface area contributed by atoms with Gasteiger partial charge in [-0.15, -0.1) is 11.8 Å². The molecule has 0 amide bonds. The van der Waals surface area contributed by atoms with Crippen molar-refractivity contribution >= 4 is 11.8 Å². The minimum absolute atomic E-state index is 0.779. The molecule has 1 fully saturated rings. The summed E-state index contributed by atoms with van der Waals surface area (Å²) in [6.45, 7) is 3.37. The van der Waals surface area contributed by atoms with Gasteiger partial charge in [0.25, 0.3) is 0 Å². The number of thioether (sulfide) groups is 1. The van der Waals surface area contributed by atoms with E-state index in [0.29, 0.717) is 0 Å². The largest absolute Gasteiger partial charge is 0.314 e. The van der Waals surface area contributed by atoms with E-state index in [0.717, 1.165) is 23.8 Å². The molecule has 1 saturated carbocycles. The van der Waals surface area contributed by atoms with E-state index in [2.05, 4.69) is 48.3 Å². The van der Waals surface area contributed by atoms with Crippen LogP contribution in [-0.2, 0) is 6.42 Å². The van der Waals surface area contributed by atoms with E-state index in [1.165, 1.54) is 49.8 Å². The maximum absolute atomic E-state index is 3.69. The van der Waals surface area contributed by atoms with Crippen molar-refractivity contribution in [1.82, 2.24) is 5.32 Å². The Labute approximate surface area is 127 Å². The van der Waals surface area contributed by atoms with Crippen LogP contribution in [0.4, 0.5) is 0 Å². The first-order valence-electron chi connectivity index (χ1n) is 8.33. The van der Waals surface area contributed by atoms with E-state index in [-0.39, 0.29) is 0 Å². The zero-order chi connectivity index (χ0) is 13.8. The van der Waals surface area contributed by atoms with Crippen molar-refractivity contribution in [2.75, 3.05) is 6.54 Å². The third-order valence-electron chi connectivity index (χ3n) is 4.84. The molecule has 0 spiro atoms. The van der Waals surface area contributed by atoms with E-state index in [1.807, 2.05) is 0 Å². The van der Waals surface area contributed by atoms with Crippen LogP contribution in [0.2, 0.25) is 0 Å². The van der Waals surface area contributed by atoms with Crippen LogP contribution < -0.4 is 5.32 Å². The first-order chi connectivity index (χ1) is 9.85. The number of fused-ring (bicyclic) bond motifs is 1. The second-order valence-corrected chi connectivity index (χ2v) is 7.77. The Morgan fingerprint density at radius 3 is 2.90 bits per heavy atom. The van der Waals surface area contributed by atoms with Gasteiger partial charge in [-0.05, 0) is 49.8 Å².